The number of carboxylic acids is 1. The number of phenolic OH excluding ortho intramolecular Hbond substituents is 1. The molecule has 0 aliphatic carbocycles. The van der Waals surface area contributed by atoms with Crippen molar-refractivity contribution in [3.63, 3.8) is 0 Å². The molecule has 0 radical (unpaired) electrons. The molecule has 0 saturated carbocycles. The summed E-state index contributed by atoms with van der Waals surface area (Å²) in [5.41, 5.74) is -0.0451. The molecule has 5 heteroatoms. The van der Waals surface area contributed by atoms with Crippen molar-refractivity contribution in [3.8, 4) is 5.75 Å². The lowest BCUT2D eigenvalue weighted by Gasteiger charge is -2.39. The largest absolute Gasteiger partial charge is 0.508 e. The molecule has 1 aromatic rings. The first kappa shape index (κ1) is 15.4. The van der Waals surface area contributed by atoms with E-state index in [1.807, 2.05) is 20.8 Å². The quantitative estimate of drug-likeness (QED) is 0.882. The molecule has 0 aromatic heterocycles. The SMILES string of the molecule is CC(c1ccc(O)cc1F)N(CC(=O)O)C(C)(C)C. The molecular formula is C14H20FNO3. The summed E-state index contributed by atoms with van der Waals surface area (Å²) in [5, 5.41) is 18.2. The first-order valence-electron chi connectivity index (χ1n) is 6.10. The number of hydrogen-bond acceptors (Lipinski definition) is 3. The van der Waals surface area contributed by atoms with Crippen LogP contribution >= 0.6 is 0 Å². The summed E-state index contributed by atoms with van der Waals surface area (Å²) in [5.74, 6) is -1.64. The molecule has 0 heterocycles. The van der Waals surface area contributed by atoms with Crippen molar-refractivity contribution in [2.75, 3.05) is 6.54 Å². The second-order valence-electron chi connectivity index (χ2n) is 5.57. The van der Waals surface area contributed by atoms with Gasteiger partial charge < -0.3 is 10.2 Å². The molecule has 1 unspecified atom stereocenters. The number of nitrogens with zero attached hydrogens (tertiary/aromatic N) is 1. The molecule has 0 fully saturated rings. The fraction of sp³-hybridized carbons (Fsp3) is 0.500. The normalized spacial score (nSPS) is 13.6. The first-order valence-corrected chi connectivity index (χ1v) is 6.10. The summed E-state index contributed by atoms with van der Waals surface area (Å²) < 4.78 is 13.9. The zero-order valence-corrected chi connectivity index (χ0v) is 11.6. The molecule has 0 spiro atoms. The van der Waals surface area contributed by atoms with Gasteiger partial charge in [-0.15, -0.1) is 0 Å². The van der Waals surface area contributed by atoms with Crippen LogP contribution < -0.4 is 0 Å². The second-order valence-corrected chi connectivity index (χ2v) is 5.57. The third-order valence-electron chi connectivity index (χ3n) is 3.07. The first-order chi connectivity index (χ1) is 8.62. The van der Waals surface area contributed by atoms with Crippen LogP contribution in [-0.2, 0) is 4.79 Å². The van der Waals surface area contributed by atoms with Crippen LogP contribution in [0.25, 0.3) is 0 Å². The summed E-state index contributed by atoms with van der Waals surface area (Å²) in [4.78, 5) is 12.7. The number of carbonyl (C=O) groups is 1. The molecule has 0 saturated heterocycles. The van der Waals surface area contributed by atoms with Crippen LogP contribution in [0.3, 0.4) is 0 Å². The Balaban J connectivity index is 3.11. The van der Waals surface area contributed by atoms with Crippen LogP contribution in [0.5, 0.6) is 5.75 Å². The summed E-state index contributed by atoms with van der Waals surface area (Å²) >= 11 is 0. The van der Waals surface area contributed by atoms with E-state index in [1.54, 1.807) is 11.8 Å². The number of rotatable bonds is 4. The van der Waals surface area contributed by atoms with Crippen molar-refractivity contribution < 1.29 is 19.4 Å². The van der Waals surface area contributed by atoms with Gasteiger partial charge in [0.2, 0.25) is 0 Å². The van der Waals surface area contributed by atoms with Crippen LogP contribution in [0.4, 0.5) is 4.39 Å². The lowest BCUT2D eigenvalue weighted by molar-refractivity contribution is -0.140. The summed E-state index contributed by atoms with van der Waals surface area (Å²) in [7, 11) is 0. The number of hydrogen-bond donors (Lipinski definition) is 2. The zero-order valence-electron chi connectivity index (χ0n) is 11.6. The van der Waals surface area contributed by atoms with Gasteiger partial charge >= 0.3 is 5.97 Å². The van der Waals surface area contributed by atoms with Gasteiger partial charge in [-0.05, 0) is 33.8 Å². The molecule has 0 amide bonds. The van der Waals surface area contributed by atoms with E-state index in [4.69, 9.17) is 5.11 Å². The van der Waals surface area contributed by atoms with E-state index in [-0.39, 0.29) is 12.3 Å². The van der Waals surface area contributed by atoms with Gasteiger partial charge in [-0.25, -0.2) is 4.39 Å². The van der Waals surface area contributed by atoms with Crippen LogP contribution in [-0.4, -0.2) is 33.2 Å². The summed E-state index contributed by atoms with van der Waals surface area (Å²) in [6, 6.07) is 3.51. The van der Waals surface area contributed by atoms with Crippen molar-refractivity contribution in [1.82, 2.24) is 4.90 Å². The molecule has 1 atom stereocenters. The molecule has 4 nitrogen and oxygen atoms in total. The third-order valence-corrected chi connectivity index (χ3v) is 3.07. The highest BCUT2D eigenvalue weighted by Crippen LogP contribution is 2.30. The highest BCUT2D eigenvalue weighted by Gasteiger charge is 2.30. The van der Waals surface area contributed by atoms with Gasteiger partial charge in [0.1, 0.15) is 11.6 Å². The predicted molar refractivity (Wildman–Crippen MR) is 70.6 cm³/mol. The molecule has 1 rings (SSSR count). The smallest absolute Gasteiger partial charge is 0.317 e. The van der Waals surface area contributed by atoms with Gasteiger partial charge in [-0.2, -0.15) is 0 Å². The van der Waals surface area contributed by atoms with Gasteiger partial charge in [0.05, 0.1) is 6.54 Å². The molecule has 2 N–H and O–H groups in total. The zero-order chi connectivity index (χ0) is 14.8. The molecule has 0 bridgehead atoms. The van der Waals surface area contributed by atoms with Gasteiger partial charge in [-0.3, -0.25) is 9.69 Å². The maximum atomic E-state index is 13.9. The Kier molecular flexibility index (Phi) is 4.52. The van der Waals surface area contributed by atoms with E-state index in [2.05, 4.69) is 0 Å². The molecule has 0 aliphatic heterocycles. The maximum absolute atomic E-state index is 13.9. The lowest BCUT2D eigenvalue weighted by Crippen LogP contribution is -2.46. The highest BCUT2D eigenvalue weighted by atomic mass is 19.1. The topological polar surface area (TPSA) is 60.8 Å². The van der Waals surface area contributed by atoms with E-state index >= 15 is 0 Å². The Bertz CT molecular complexity index is 468. The van der Waals surface area contributed by atoms with E-state index in [1.165, 1.54) is 12.1 Å². The Morgan fingerprint density at radius 1 is 1.42 bits per heavy atom. The van der Waals surface area contributed by atoms with Gasteiger partial charge in [0.25, 0.3) is 0 Å². The van der Waals surface area contributed by atoms with Crippen LogP contribution in [0.2, 0.25) is 0 Å². The Labute approximate surface area is 112 Å². The number of aromatic hydroxyl groups is 1. The number of aliphatic carboxylic acids is 1. The molecular weight excluding hydrogens is 249 g/mol. The van der Waals surface area contributed by atoms with E-state index < -0.39 is 23.4 Å². The molecule has 0 aliphatic rings. The number of phenols is 1. The Morgan fingerprint density at radius 2 is 2.00 bits per heavy atom. The fourth-order valence-electron chi connectivity index (χ4n) is 2.12. The third kappa shape index (κ3) is 3.92. The minimum absolute atomic E-state index is 0.144. The predicted octanol–water partition coefficient (Wildman–Crippen LogP) is 2.78. The lowest BCUT2D eigenvalue weighted by atomic mass is 9.98. The van der Waals surface area contributed by atoms with E-state index in [9.17, 15) is 14.3 Å². The van der Waals surface area contributed by atoms with Crippen molar-refractivity contribution >= 4 is 5.97 Å². The number of carboxylic acid groups (broad SMARTS) is 1. The van der Waals surface area contributed by atoms with E-state index in [0.717, 1.165) is 6.07 Å². The maximum Gasteiger partial charge on any atom is 0.317 e. The Morgan fingerprint density at radius 3 is 2.42 bits per heavy atom. The number of halogens is 1. The summed E-state index contributed by atoms with van der Waals surface area (Å²) in [6.07, 6.45) is 0. The monoisotopic (exact) mass is 269 g/mol. The van der Waals surface area contributed by atoms with Crippen LogP contribution in [0, 0.1) is 5.82 Å². The van der Waals surface area contributed by atoms with Crippen molar-refractivity contribution in [2.24, 2.45) is 0 Å². The van der Waals surface area contributed by atoms with Crippen molar-refractivity contribution in [1.29, 1.82) is 0 Å². The minimum Gasteiger partial charge on any atom is -0.508 e. The average molecular weight is 269 g/mol. The van der Waals surface area contributed by atoms with Gasteiger partial charge in [0.15, 0.2) is 0 Å². The van der Waals surface area contributed by atoms with Crippen molar-refractivity contribution in [2.45, 2.75) is 39.3 Å². The van der Waals surface area contributed by atoms with E-state index in [0.29, 0.717) is 5.56 Å². The summed E-state index contributed by atoms with van der Waals surface area (Å²) in [6.45, 7) is 7.22. The Hall–Kier alpha value is -1.62. The van der Waals surface area contributed by atoms with Gasteiger partial charge in [-0.1, -0.05) is 6.07 Å². The number of benzene rings is 1. The average Bonchev–Trinajstić information content (AvgIpc) is 2.23. The van der Waals surface area contributed by atoms with Gasteiger partial charge in [0, 0.05) is 23.2 Å². The highest BCUT2D eigenvalue weighted by molar-refractivity contribution is 5.69. The van der Waals surface area contributed by atoms with Crippen LogP contribution in [0.15, 0.2) is 18.2 Å². The second kappa shape index (κ2) is 5.57. The minimum atomic E-state index is -0.957. The molecule has 106 valence electrons. The van der Waals surface area contributed by atoms with Crippen LogP contribution in [0.1, 0.15) is 39.3 Å². The standard InChI is InChI=1S/C14H20FNO3/c1-9(11-6-5-10(17)7-12(11)15)16(8-13(18)19)14(2,3)4/h5-7,9,17H,8H2,1-4H3,(H,18,19). The molecule has 1 aromatic carbocycles. The van der Waals surface area contributed by atoms with Crippen molar-refractivity contribution in [3.05, 3.63) is 29.6 Å². The fourth-order valence-corrected chi connectivity index (χ4v) is 2.12. The molecule has 19 heavy (non-hydrogen) atoms.